The SMILES string of the molecule is CCN(CCO)C(CC(=O)O)Cc1ccc(OC)cc1C. The van der Waals surface area contributed by atoms with Crippen molar-refractivity contribution >= 4 is 5.97 Å². The lowest BCUT2D eigenvalue weighted by Gasteiger charge is -2.29. The van der Waals surface area contributed by atoms with Gasteiger partial charge in [-0.2, -0.15) is 0 Å². The van der Waals surface area contributed by atoms with Gasteiger partial charge in [-0.25, -0.2) is 0 Å². The summed E-state index contributed by atoms with van der Waals surface area (Å²) in [6.45, 7) is 5.21. The van der Waals surface area contributed by atoms with Crippen molar-refractivity contribution in [1.29, 1.82) is 0 Å². The van der Waals surface area contributed by atoms with Crippen LogP contribution in [0.1, 0.15) is 24.5 Å². The highest BCUT2D eigenvalue weighted by Gasteiger charge is 2.21. The Kier molecular flexibility index (Phi) is 7.19. The molecular formula is C16H25NO4. The standard InChI is InChI=1S/C16H25NO4/c1-4-17(7-8-18)14(11-16(19)20)10-13-5-6-15(21-3)9-12(13)2/h5-6,9,14,18H,4,7-8,10-11H2,1-3H3,(H,19,20). The van der Waals surface area contributed by atoms with Crippen molar-refractivity contribution in [3.05, 3.63) is 29.3 Å². The molecule has 5 heteroatoms. The second kappa shape index (κ2) is 8.64. The van der Waals surface area contributed by atoms with Crippen LogP contribution >= 0.6 is 0 Å². The summed E-state index contributed by atoms with van der Waals surface area (Å²) in [5.74, 6) is -0.0173. The predicted octanol–water partition coefficient (Wildman–Crippen LogP) is 1.70. The molecule has 0 spiro atoms. The maximum absolute atomic E-state index is 11.1. The van der Waals surface area contributed by atoms with Crippen LogP contribution in [0.25, 0.3) is 0 Å². The van der Waals surface area contributed by atoms with E-state index in [1.165, 1.54) is 0 Å². The minimum Gasteiger partial charge on any atom is -0.497 e. The molecule has 0 aliphatic heterocycles. The summed E-state index contributed by atoms with van der Waals surface area (Å²) in [7, 11) is 1.63. The van der Waals surface area contributed by atoms with E-state index in [0.717, 1.165) is 16.9 Å². The van der Waals surface area contributed by atoms with E-state index in [-0.39, 0.29) is 19.1 Å². The maximum atomic E-state index is 11.1. The molecular weight excluding hydrogens is 270 g/mol. The first kappa shape index (κ1) is 17.5. The molecule has 0 amide bonds. The quantitative estimate of drug-likeness (QED) is 0.725. The molecule has 5 nitrogen and oxygen atoms in total. The monoisotopic (exact) mass is 295 g/mol. The number of benzene rings is 1. The van der Waals surface area contributed by atoms with E-state index < -0.39 is 5.97 Å². The Hall–Kier alpha value is -1.59. The molecule has 0 heterocycles. The second-order valence-electron chi connectivity index (χ2n) is 5.10. The van der Waals surface area contributed by atoms with Gasteiger partial charge >= 0.3 is 5.97 Å². The van der Waals surface area contributed by atoms with Gasteiger partial charge in [-0.3, -0.25) is 9.69 Å². The molecule has 0 aliphatic rings. The molecule has 1 unspecified atom stereocenters. The molecule has 0 fully saturated rings. The van der Waals surface area contributed by atoms with Crippen molar-refractivity contribution in [2.24, 2.45) is 0 Å². The van der Waals surface area contributed by atoms with Gasteiger partial charge in [0.25, 0.3) is 0 Å². The molecule has 1 aromatic carbocycles. The van der Waals surface area contributed by atoms with Crippen LogP contribution in [0.4, 0.5) is 0 Å². The average molecular weight is 295 g/mol. The lowest BCUT2D eigenvalue weighted by atomic mass is 9.97. The Morgan fingerprint density at radius 1 is 1.43 bits per heavy atom. The number of carboxylic acid groups (broad SMARTS) is 1. The number of nitrogens with zero attached hydrogens (tertiary/aromatic N) is 1. The summed E-state index contributed by atoms with van der Waals surface area (Å²) in [5, 5.41) is 18.3. The number of aliphatic carboxylic acids is 1. The van der Waals surface area contributed by atoms with Gasteiger partial charge in [0.1, 0.15) is 5.75 Å². The number of methoxy groups -OCH3 is 1. The maximum Gasteiger partial charge on any atom is 0.304 e. The van der Waals surface area contributed by atoms with Crippen molar-refractivity contribution in [1.82, 2.24) is 4.90 Å². The van der Waals surface area contributed by atoms with Crippen LogP contribution in [0.2, 0.25) is 0 Å². The first-order valence-corrected chi connectivity index (χ1v) is 7.22. The van der Waals surface area contributed by atoms with Crippen molar-refractivity contribution in [2.45, 2.75) is 32.7 Å². The van der Waals surface area contributed by atoms with Crippen molar-refractivity contribution in [2.75, 3.05) is 26.8 Å². The molecule has 21 heavy (non-hydrogen) atoms. The number of hydrogen-bond acceptors (Lipinski definition) is 4. The Bertz CT molecular complexity index is 462. The first-order valence-electron chi connectivity index (χ1n) is 7.22. The summed E-state index contributed by atoms with van der Waals surface area (Å²) in [4.78, 5) is 13.1. The van der Waals surface area contributed by atoms with Crippen molar-refractivity contribution in [3.8, 4) is 5.75 Å². The van der Waals surface area contributed by atoms with E-state index in [1.54, 1.807) is 7.11 Å². The van der Waals surface area contributed by atoms with Gasteiger partial charge < -0.3 is 14.9 Å². The van der Waals surface area contributed by atoms with E-state index in [4.69, 9.17) is 14.9 Å². The third-order valence-corrected chi connectivity index (χ3v) is 3.73. The van der Waals surface area contributed by atoms with E-state index in [2.05, 4.69) is 0 Å². The number of carboxylic acids is 1. The van der Waals surface area contributed by atoms with Crippen LogP contribution in [-0.4, -0.2) is 53.9 Å². The zero-order valence-electron chi connectivity index (χ0n) is 13.0. The van der Waals surface area contributed by atoms with E-state index >= 15 is 0 Å². The molecule has 1 rings (SSSR count). The molecule has 0 saturated carbocycles. The van der Waals surface area contributed by atoms with E-state index in [0.29, 0.717) is 19.5 Å². The zero-order chi connectivity index (χ0) is 15.8. The summed E-state index contributed by atoms with van der Waals surface area (Å²) in [6.07, 6.45) is 0.718. The number of ether oxygens (including phenoxy) is 1. The molecule has 0 aliphatic carbocycles. The lowest BCUT2D eigenvalue weighted by Crippen LogP contribution is -2.40. The minimum atomic E-state index is -0.817. The number of rotatable bonds is 9. The molecule has 0 radical (unpaired) electrons. The molecule has 2 N–H and O–H groups in total. The molecule has 0 bridgehead atoms. The number of likely N-dealkylation sites (N-methyl/N-ethyl adjacent to an activating group) is 1. The Balaban J connectivity index is 2.91. The van der Waals surface area contributed by atoms with Crippen LogP contribution in [-0.2, 0) is 11.2 Å². The highest BCUT2D eigenvalue weighted by atomic mass is 16.5. The average Bonchev–Trinajstić information content (AvgIpc) is 2.45. The van der Waals surface area contributed by atoms with E-state index in [9.17, 15) is 4.79 Å². The topological polar surface area (TPSA) is 70.0 Å². The number of hydrogen-bond donors (Lipinski definition) is 2. The zero-order valence-corrected chi connectivity index (χ0v) is 13.0. The van der Waals surface area contributed by atoms with Gasteiger partial charge in [0.05, 0.1) is 20.1 Å². The van der Waals surface area contributed by atoms with Crippen LogP contribution in [0, 0.1) is 6.92 Å². The smallest absolute Gasteiger partial charge is 0.304 e. The Morgan fingerprint density at radius 2 is 2.14 bits per heavy atom. The van der Waals surface area contributed by atoms with Crippen molar-refractivity contribution in [3.63, 3.8) is 0 Å². The molecule has 0 saturated heterocycles. The third kappa shape index (κ3) is 5.36. The van der Waals surface area contributed by atoms with Gasteiger partial charge in [0.2, 0.25) is 0 Å². The summed E-state index contributed by atoms with van der Waals surface area (Å²) in [5.41, 5.74) is 2.20. The van der Waals surface area contributed by atoms with Gasteiger partial charge in [-0.05, 0) is 43.1 Å². The lowest BCUT2D eigenvalue weighted by molar-refractivity contribution is -0.138. The number of aliphatic hydroxyl groups is 1. The summed E-state index contributed by atoms with van der Waals surface area (Å²) < 4.78 is 5.19. The number of aliphatic hydroxyl groups excluding tert-OH is 1. The van der Waals surface area contributed by atoms with Crippen LogP contribution < -0.4 is 4.74 Å². The molecule has 118 valence electrons. The van der Waals surface area contributed by atoms with Crippen LogP contribution in [0.15, 0.2) is 18.2 Å². The first-order chi connectivity index (χ1) is 10.0. The van der Waals surface area contributed by atoms with E-state index in [1.807, 2.05) is 36.9 Å². The van der Waals surface area contributed by atoms with Crippen LogP contribution in [0.5, 0.6) is 5.75 Å². The Labute approximate surface area is 126 Å². The fraction of sp³-hybridized carbons (Fsp3) is 0.562. The van der Waals surface area contributed by atoms with Gasteiger partial charge in [0.15, 0.2) is 0 Å². The minimum absolute atomic E-state index is 0.0333. The largest absolute Gasteiger partial charge is 0.497 e. The van der Waals surface area contributed by atoms with Crippen LogP contribution in [0.3, 0.4) is 0 Å². The number of carbonyl (C=O) groups is 1. The van der Waals surface area contributed by atoms with Gasteiger partial charge in [-0.1, -0.05) is 13.0 Å². The highest BCUT2D eigenvalue weighted by Crippen LogP contribution is 2.20. The summed E-state index contributed by atoms with van der Waals surface area (Å²) >= 11 is 0. The van der Waals surface area contributed by atoms with Crippen molar-refractivity contribution < 1.29 is 19.7 Å². The highest BCUT2D eigenvalue weighted by molar-refractivity contribution is 5.67. The third-order valence-electron chi connectivity index (χ3n) is 3.73. The number of aryl methyl sites for hydroxylation is 1. The normalized spacial score (nSPS) is 12.4. The fourth-order valence-electron chi connectivity index (χ4n) is 2.54. The summed E-state index contributed by atoms with van der Waals surface area (Å²) in [6, 6.07) is 5.71. The molecule has 0 aromatic heterocycles. The Morgan fingerprint density at radius 3 is 2.62 bits per heavy atom. The van der Waals surface area contributed by atoms with Gasteiger partial charge in [-0.15, -0.1) is 0 Å². The molecule has 1 atom stereocenters. The molecule has 1 aromatic rings. The predicted molar refractivity (Wildman–Crippen MR) is 81.8 cm³/mol. The second-order valence-corrected chi connectivity index (χ2v) is 5.10. The fourth-order valence-corrected chi connectivity index (χ4v) is 2.54. The van der Waals surface area contributed by atoms with Gasteiger partial charge in [0, 0.05) is 12.6 Å².